The molecular formula is C20H28O3. The molecule has 0 saturated heterocycles. The van der Waals surface area contributed by atoms with E-state index in [-0.39, 0.29) is 17.1 Å². The normalized spacial score (nSPS) is 36.5. The van der Waals surface area contributed by atoms with E-state index < -0.39 is 11.0 Å². The molecule has 0 aliphatic heterocycles. The summed E-state index contributed by atoms with van der Waals surface area (Å²) in [5.74, 6) is 0.0875. The summed E-state index contributed by atoms with van der Waals surface area (Å²) >= 11 is 0. The van der Waals surface area contributed by atoms with Gasteiger partial charge in [0.2, 0.25) is 0 Å². The van der Waals surface area contributed by atoms with Crippen LogP contribution in [0.3, 0.4) is 0 Å². The van der Waals surface area contributed by atoms with Crippen LogP contribution in [-0.2, 0) is 11.2 Å². The third kappa shape index (κ3) is 2.40. The Kier molecular flexibility index (Phi) is 3.83. The minimum Gasteiger partial charge on any atom is -0.472 e. The van der Waals surface area contributed by atoms with Gasteiger partial charge >= 0.3 is 0 Å². The maximum atomic E-state index is 12.8. The Balaban J connectivity index is 2.00. The molecule has 3 atom stereocenters. The van der Waals surface area contributed by atoms with Gasteiger partial charge in [-0.2, -0.15) is 0 Å². The molecule has 0 amide bonds. The summed E-state index contributed by atoms with van der Waals surface area (Å²) in [6.07, 6.45) is 9.51. The second-order valence-corrected chi connectivity index (χ2v) is 8.41. The Hall–Kier alpha value is -1.35. The number of aliphatic hydroxyl groups is 1. The van der Waals surface area contributed by atoms with E-state index in [0.717, 1.165) is 36.8 Å². The molecule has 1 saturated carbocycles. The van der Waals surface area contributed by atoms with Gasteiger partial charge in [-0.15, -0.1) is 0 Å². The van der Waals surface area contributed by atoms with E-state index in [1.165, 1.54) is 0 Å². The number of carbonyl (C=O) groups excluding carboxylic acids is 1. The molecule has 0 radical (unpaired) electrons. The summed E-state index contributed by atoms with van der Waals surface area (Å²) in [7, 11) is 0. The van der Waals surface area contributed by atoms with Crippen LogP contribution in [0.25, 0.3) is 0 Å². The minimum absolute atomic E-state index is 0.0646. The molecule has 0 bridgehead atoms. The maximum absolute atomic E-state index is 12.8. The third-order valence-corrected chi connectivity index (χ3v) is 6.53. The van der Waals surface area contributed by atoms with Crippen LogP contribution in [-0.4, -0.2) is 16.5 Å². The van der Waals surface area contributed by atoms with Crippen molar-refractivity contribution in [3.8, 4) is 0 Å². The number of carbonyl (C=O) groups is 1. The van der Waals surface area contributed by atoms with Crippen molar-refractivity contribution in [3.05, 3.63) is 35.8 Å². The van der Waals surface area contributed by atoms with Gasteiger partial charge in [-0.05, 0) is 61.3 Å². The van der Waals surface area contributed by atoms with Gasteiger partial charge in [0.15, 0.2) is 5.78 Å². The molecule has 3 nitrogen and oxygen atoms in total. The van der Waals surface area contributed by atoms with Gasteiger partial charge in [-0.25, -0.2) is 0 Å². The molecule has 3 rings (SSSR count). The molecule has 0 unspecified atom stereocenters. The van der Waals surface area contributed by atoms with Gasteiger partial charge in [0.1, 0.15) is 0 Å². The van der Waals surface area contributed by atoms with E-state index in [9.17, 15) is 9.90 Å². The quantitative estimate of drug-likeness (QED) is 0.904. The molecule has 1 aromatic rings. The fraction of sp³-hybridized carbons (Fsp3) is 0.650. The molecule has 126 valence electrons. The van der Waals surface area contributed by atoms with Crippen LogP contribution in [0.5, 0.6) is 0 Å². The van der Waals surface area contributed by atoms with E-state index in [4.69, 9.17) is 4.42 Å². The number of allylic oxidation sites excluding steroid dienone is 1. The first-order valence-corrected chi connectivity index (χ1v) is 8.67. The molecule has 23 heavy (non-hydrogen) atoms. The van der Waals surface area contributed by atoms with Gasteiger partial charge in [0.05, 0.1) is 18.1 Å². The summed E-state index contributed by atoms with van der Waals surface area (Å²) in [6, 6.07) is 1.95. The van der Waals surface area contributed by atoms with E-state index in [1.807, 2.05) is 13.0 Å². The molecule has 3 heteroatoms. The molecule has 1 aromatic heterocycles. The van der Waals surface area contributed by atoms with Crippen LogP contribution >= 0.6 is 0 Å². The fourth-order valence-electron chi connectivity index (χ4n) is 5.32. The minimum atomic E-state index is -0.930. The molecule has 2 aliphatic carbocycles. The van der Waals surface area contributed by atoms with Crippen molar-refractivity contribution in [2.75, 3.05) is 0 Å². The smallest absolute Gasteiger partial charge is 0.160 e. The SMILES string of the molecule is CC1=CC(=O)[C@H]2C(C)(C)CCC[C@]2(C)[C@@]1(O)CCc1ccoc1. The zero-order valence-electron chi connectivity index (χ0n) is 14.7. The summed E-state index contributed by atoms with van der Waals surface area (Å²) in [6.45, 7) is 8.40. The maximum Gasteiger partial charge on any atom is 0.160 e. The lowest BCUT2D eigenvalue weighted by molar-refractivity contribution is -0.163. The summed E-state index contributed by atoms with van der Waals surface area (Å²) in [5.41, 5.74) is 0.528. The topological polar surface area (TPSA) is 50.4 Å². The second kappa shape index (κ2) is 5.34. The molecule has 1 fully saturated rings. The van der Waals surface area contributed by atoms with Crippen LogP contribution in [0.2, 0.25) is 0 Å². The Morgan fingerprint density at radius 2 is 2.04 bits per heavy atom. The van der Waals surface area contributed by atoms with Gasteiger partial charge in [-0.3, -0.25) is 4.79 Å². The lowest BCUT2D eigenvalue weighted by Crippen LogP contribution is -2.61. The standard InChI is InChI=1S/C20H28O3/c1-14-12-16(21)17-18(2,3)8-5-9-19(17,4)20(14,22)10-6-15-7-11-23-13-15/h7,11-13,17,22H,5-6,8-10H2,1-4H3/t17-,19-,20+/m0/s1. The Morgan fingerprint density at radius 1 is 1.30 bits per heavy atom. The number of hydrogen-bond acceptors (Lipinski definition) is 3. The van der Waals surface area contributed by atoms with Gasteiger partial charge in [0.25, 0.3) is 0 Å². The fourth-order valence-corrected chi connectivity index (χ4v) is 5.32. The summed E-state index contributed by atoms with van der Waals surface area (Å²) in [5, 5.41) is 11.7. The predicted molar refractivity (Wildman–Crippen MR) is 90.0 cm³/mol. The second-order valence-electron chi connectivity index (χ2n) is 8.41. The molecule has 0 spiro atoms. The molecule has 1 heterocycles. The van der Waals surface area contributed by atoms with Crippen LogP contribution < -0.4 is 0 Å². The Morgan fingerprint density at radius 3 is 2.70 bits per heavy atom. The highest BCUT2D eigenvalue weighted by Crippen LogP contribution is 2.61. The Labute approximate surface area is 138 Å². The van der Waals surface area contributed by atoms with E-state index in [1.54, 1.807) is 18.6 Å². The predicted octanol–water partition coefficient (Wildman–Crippen LogP) is 4.30. The first-order valence-electron chi connectivity index (χ1n) is 8.67. The monoisotopic (exact) mass is 316 g/mol. The van der Waals surface area contributed by atoms with Crippen LogP contribution in [0.4, 0.5) is 0 Å². The average molecular weight is 316 g/mol. The first-order chi connectivity index (χ1) is 10.7. The summed E-state index contributed by atoms with van der Waals surface area (Å²) < 4.78 is 5.15. The van der Waals surface area contributed by atoms with E-state index in [0.29, 0.717) is 6.42 Å². The number of fused-ring (bicyclic) bond motifs is 1. The number of aryl methyl sites for hydroxylation is 1. The number of hydrogen-bond donors (Lipinski definition) is 1. The highest BCUT2D eigenvalue weighted by Gasteiger charge is 2.61. The Bertz CT molecular complexity index is 625. The van der Waals surface area contributed by atoms with Crippen molar-refractivity contribution in [1.29, 1.82) is 0 Å². The van der Waals surface area contributed by atoms with Crippen molar-refractivity contribution in [1.82, 2.24) is 0 Å². The van der Waals surface area contributed by atoms with Crippen LogP contribution in [0.15, 0.2) is 34.7 Å². The van der Waals surface area contributed by atoms with E-state index in [2.05, 4.69) is 20.8 Å². The zero-order valence-corrected chi connectivity index (χ0v) is 14.7. The molecule has 2 aliphatic rings. The van der Waals surface area contributed by atoms with Gasteiger partial charge in [0, 0.05) is 11.3 Å². The van der Waals surface area contributed by atoms with Crippen molar-refractivity contribution >= 4 is 5.78 Å². The highest BCUT2D eigenvalue weighted by atomic mass is 16.3. The lowest BCUT2D eigenvalue weighted by atomic mass is 9.46. The lowest BCUT2D eigenvalue weighted by Gasteiger charge is -2.59. The van der Waals surface area contributed by atoms with Crippen molar-refractivity contribution < 1.29 is 14.3 Å². The number of furan rings is 1. The third-order valence-electron chi connectivity index (χ3n) is 6.53. The van der Waals surface area contributed by atoms with Gasteiger partial charge < -0.3 is 9.52 Å². The largest absolute Gasteiger partial charge is 0.472 e. The zero-order chi connectivity index (χ0) is 16.9. The number of ketones is 1. The van der Waals surface area contributed by atoms with Crippen molar-refractivity contribution in [2.24, 2.45) is 16.7 Å². The van der Waals surface area contributed by atoms with Crippen molar-refractivity contribution in [3.63, 3.8) is 0 Å². The van der Waals surface area contributed by atoms with Crippen molar-refractivity contribution in [2.45, 2.75) is 65.4 Å². The van der Waals surface area contributed by atoms with E-state index >= 15 is 0 Å². The van der Waals surface area contributed by atoms with Gasteiger partial charge in [-0.1, -0.05) is 27.2 Å². The molecular weight excluding hydrogens is 288 g/mol. The summed E-state index contributed by atoms with van der Waals surface area (Å²) in [4.78, 5) is 12.8. The first kappa shape index (κ1) is 16.5. The molecule has 0 aromatic carbocycles. The van der Waals surface area contributed by atoms with Crippen LogP contribution in [0.1, 0.15) is 58.9 Å². The van der Waals surface area contributed by atoms with Crippen LogP contribution in [0, 0.1) is 16.7 Å². The molecule has 1 N–H and O–H groups in total. The average Bonchev–Trinajstić information content (AvgIpc) is 2.95. The number of rotatable bonds is 3. The highest BCUT2D eigenvalue weighted by molar-refractivity contribution is 5.95.